The molecule has 0 aliphatic heterocycles. The number of hydrogen-bond donors (Lipinski definition) is 0. The molecule has 1 unspecified atom stereocenters. The molecule has 2 aromatic carbocycles. The van der Waals surface area contributed by atoms with Crippen LogP contribution in [0.5, 0.6) is 5.75 Å². The molecule has 1 fully saturated rings. The highest BCUT2D eigenvalue weighted by Gasteiger charge is 2.45. The lowest BCUT2D eigenvalue weighted by Gasteiger charge is -2.49. The normalized spacial score (nSPS) is 21.3. The summed E-state index contributed by atoms with van der Waals surface area (Å²) in [6.45, 7) is 22.2. The summed E-state index contributed by atoms with van der Waals surface area (Å²) in [6.07, 6.45) is 6.98. The van der Waals surface area contributed by atoms with E-state index in [1.165, 1.54) is 11.1 Å². The molecule has 1 amide bonds. The third-order valence-corrected chi connectivity index (χ3v) is 8.57. The zero-order valence-corrected chi connectivity index (χ0v) is 26.9. The Labute approximate surface area is 244 Å². The van der Waals surface area contributed by atoms with Crippen molar-refractivity contribution in [1.29, 1.82) is 0 Å². The van der Waals surface area contributed by atoms with Crippen LogP contribution in [0.1, 0.15) is 124 Å². The Kier molecular flexibility index (Phi) is 10.3. The average Bonchev–Trinajstić information content (AvgIpc) is 2.86. The van der Waals surface area contributed by atoms with Crippen LogP contribution < -0.4 is 4.74 Å². The Bertz CT molecular complexity index is 1130. The summed E-state index contributed by atoms with van der Waals surface area (Å²) in [4.78, 5) is 20.8. The number of aliphatic imine (C=N–C) groups is 1. The summed E-state index contributed by atoms with van der Waals surface area (Å²) in [5.74, 6) is 1.46. The minimum absolute atomic E-state index is 0.0318. The molecular weight excluding hydrogens is 492 g/mol. The van der Waals surface area contributed by atoms with Gasteiger partial charge in [-0.25, -0.2) is 0 Å². The highest BCUT2D eigenvalue weighted by molar-refractivity contribution is 5.99. The van der Waals surface area contributed by atoms with Crippen molar-refractivity contribution in [2.24, 2.45) is 21.7 Å². The van der Waals surface area contributed by atoms with Crippen molar-refractivity contribution in [1.82, 2.24) is 4.90 Å². The molecule has 1 aliphatic carbocycles. The maximum atomic E-state index is 13.2. The third-order valence-electron chi connectivity index (χ3n) is 8.57. The largest absolute Gasteiger partial charge is 0.491 e. The Morgan fingerprint density at radius 1 is 1.05 bits per heavy atom. The van der Waals surface area contributed by atoms with E-state index < -0.39 is 5.66 Å². The molecule has 0 bridgehead atoms. The van der Waals surface area contributed by atoms with Crippen molar-refractivity contribution >= 4 is 12.1 Å². The molecule has 2 aromatic rings. The lowest BCUT2D eigenvalue weighted by molar-refractivity contribution is -0.130. The second-order valence-electron chi connectivity index (χ2n) is 14.6. The number of amides is 1. The number of nitrogens with zero attached hydrogens (tertiary/aromatic N) is 2. The van der Waals surface area contributed by atoms with Gasteiger partial charge in [-0.05, 0) is 106 Å². The number of benzene rings is 2. The molecule has 0 spiro atoms. The molecule has 1 aliphatic rings. The van der Waals surface area contributed by atoms with Gasteiger partial charge in [-0.3, -0.25) is 9.79 Å². The van der Waals surface area contributed by atoms with Crippen LogP contribution in [0.25, 0.3) is 0 Å². The summed E-state index contributed by atoms with van der Waals surface area (Å²) < 4.78 is 5.99. The molecule has 1 saturated carbocycles. The number of carbonyl (C=O) groups excluding carboxylic acids is 1. The van der Waals surface area contributed by atoms with Crippen molar-refractivity contribution in [3.05, 3.63) is 65.2 Å². The maximum absolute atomic E-state index is 13.2. The van der Waals surface area contributed by atoms with Crippen LogP contribution >= 0.6 is 0 Å². The van der Waals surface area contributed by atoms with E-state index in [0.717, 1.165) is 62.0 Å². The van der Waals surface area contributed by atoms with Gasteiger partial charge >= 0.3 is 0 Å². The van der Waals surface area contributed by atoms with E-state index in [1.807, 2.05) is 26.0 Å². The Balaban J connectivity index is 2.10. The van der Waals surface area contributed by atoms with Crippen molar-refractivity contribution < 1.29 is 9.53 Å². The molecule has 0 aromatic heterocycles. The van der Waals surface area contributed by atoms with Gasteiger partial charge in [-0.1, -0.05) is 83.5 Å². The number of ether oxygens (including phenoxy) is 1. The van der Waals surface area contributed by atoms with E-state index in [1.54, 1.807) is 0 Å². The van der Waals surface area contributed by atoms with Crippen LogP contribution in [0.4, 0.5) is 0 Å². The van der Waals surface area contributed by atoms with Gasteiger partial charge in [0, 0.05) is 5.71 Å². The predicted octanol–water partition coefficient (Wildman–Crippen LogP) is 9.55. The summed E-state index contributed by atoms with van der Waals surface area (Å²) in [7, 11) is 0. The van der Waals surface area contributed by atoms with Gasteiger partial charge in [-0.2, -0.15) is 0 Å². The van der Waals surface area contributed by atoms with E-state index in [-0.39, 0.29) is 23.0 Å². The third kappa shape index (κ3) is 8.44. The SMILES string of the molecule is C/C(=N\C1(N(C=O)C(CCC(C)(C)C)c2ccc(C)cc2)CCC(C(C)(C)C)CC1)c1cccc(OC(C)C)c1. The van der Waals surface area contributed by atoms with Gasteiger partial charge in [0.2, 0.25) is 6.41 Å². The molecule has 0 heterocycles. The second-order valence-corrected chi connectivity index (χ2v) is 14.6. The second kappa shape index (κ2) is 12.9. The quantitative estimate of drug-likeness (QED) is 0.220. The number of hydrogen-bond acceptors (Lipinski definition) is 3. The van der Waals surface area contributed by atoms with Crippen LogP contribution in [-0.4, -0.2) is 28.8 Å². The highest BCUT2D eigenvalue weighted by Crippen LogP contribution is 2.47. The Hall–Kier alpha value is -2.62. The first-order valence-corrected chi connectivity index (χ1v) is 15.3. The fourth-order valence-corrected chi connectivity index (χ4v) is 6.10. The summed E-state index contributed by atoms with van der Waals surface area (Å²) in [6, 6.07) is 16.9. The summed E-state index contributed by atoms with van der Waals surface area (Å²) in [5, 5.41) is 0. The van der Waals surface area contributed by atoms with Crippen LogP contribution in [0, 0.1) is 23.7 Å². The van der Waals surface area contributed by atoms with Crippen molar-refractivity contribution in [2.75, 3.05) is 0 Å². The van der Waals surface area contributed by atoms with Crippen LogP contribution in [0.15, 0.2) is 53.5 Å². The molecule has 0 saturated heterocycles. The molecular formula is C36H54N2O2. The molecule has 0 radical (unpaired) electrons. The van der Waals surface area contributed by atoms with E-state index in [0.29, 0.717) is 5.92 Å². The fourth-order valence-electron chi connectivity index (χ4n) is 6.10. The van der Waals surface area contributed by atoms with Gasteiger partial charge < -0.3 is 9.64 Å². The minimum Gasteiger partial charge on any atom is -0.491 e. The van der Waals surface area contributed by atoms with Gasteiger partial charge in [0.1, 0.15) is 11.4 Å². The number of aryl methyl sites for hydroxylation is 1. The first kappa shape index (κ1) is 31.9. The lowest BCUT2D eigenvalue weighted by Crippen LogP contribution is -2.52. The first-order chi connectivity index (χ1) is 18.6. The fraction of sp³-hybridized carbons (Fsp3) is 0.611. The van der Waals surface area contributed by atoms with Crippen molar-refractivity contribution in [2.45, 2.75) is 126 Å². The molecule has 4 nitrogen and oxygen atoms in total. The maximum Gasteiger partial charge on any atom is 0.212 e. The minimum atomic E-state index is -0.587. The van der Waals surface area contributed by atoms with Crippen molar-refractivity contribution in [3.63, 3.8) is 0 Å². The summed E-state index contributed by atoms with van der Waals surface area (Å²) >= 11 is 0. The van der Waals surface area contributed by atoms with Gasteiger partial charge in [-0.15, -0.1) is 0 Å². The Morgan fingerprint density at radius 3 is 2.20 bits per heavy atom. The zero-order chi connectivity index (χ0) is 29.7. The van der Waals surface area contributed by atoms with Gasteiger partial charge in [0.25, 0.3) is 0 Å². The molecule has 1 atom stereocenters. The van der Waals surface area contributed by atoms with E-state index in [4.69, 9.17) is 9.73 Å². The standard InChI is InChI=1S/C36H54N2O2/c1-26(2)40-32-13-11-12-30(24-32)28(4)37-36(22-18-31(19-23-36)35(8,9)10)38(25-39)33(20-21-34(5,6)7)29-16-14-27(3)15-17-29/h11-17,24-26,31,33H,18-23H2,1-10H3/b37-28+. The van der Waals surface area contributed by atoms with Gasteiger partial charge in [0.05, 0.1) is 12.1 Å². The van der Waals surface area contributed by atoms with Crippen LogP contribution in [0.2, 0.25) is 0 Å². The monoisotopic (exact) mass is 546 g/mol. The molecule has 4 heteroatoms. The number of carbonyl (C=O) groups is 1. The smallest absolute Gasteiger partial charge is 0.212 e. The number of rotatable bonds is 10. The molecule has 40 heavy (non-hydrogen) atoms. The van der Waals surface area contributed by atoms with Crippen molar-refractivity contribution in [3.8, 4) is 5.75 Å². The lowest BCUT2D eigenvalue weighted by atomic mass is 9.69. The van der Waals surface area contributed by atoms with E-state index in [2.05, 4.69) is 96.7 Å². The van der Waals surface area contributed by atoms with Gasteiger partial charge in [0.15, 0.2) is 0 Å². The predicted molar refractivity (Wildman–Crippen MR) is 169 cm³/mol. The van der Waals surface area contributed by atoms with Crippen LogP contribution in [0.3, 0.4) is 0 Å². The molecule has 220 valence electrons. The highest BCUT2D eigenvalue weighted by atomic mass is 16.5. The van der Waals surface area contributed by atoms with Crippen LogP contribution in [-0.2, 0) is 4.79 Å². The molecule has 3 rings (SSSR count). The molecule has 0 N–H and O–H groups in total. The first-order valence-electron chi connectivity index (χ1n) is 15.3. The van der Waals surface area contributed by atoms with E-state index in [9.17, 15) is 4.79 Å². The topological polar surface area (TPSA) is 41.9 Å². The summed E-state index contributed by atoms with van der Waals surface area (Å²) in [5.41, 5.74) is 4.24. The zero-order valence-electron chi connectivity index (χ0n) is 26.9. The van der Waals surface area contributed by atoms with E-state index >= 15 is 0 Å². The average molecular weight is 547 g/mol. The Morgan fingerprint density at radius 2 is 1.68 bits per heavy atom.